The summed E-state index contributed by atoms with van der Waals surface area (Å²) in [6.07, 6.45) is 0.761. The summed E-state index contributed by atoms with van der Waals surface area (Å²) in [6, 6.07) is 3.86. The number of aryl methyl sites for hydroxylation is 2. The Balaban J connectivity index is 1.82. The van der Waals surface area contributed by atoms with Gasteiger partial charge in [-0.1, -0.05) is 0 Å². The van der Waals surface area contributed by atoms with Crippen LogP contribution in [0.2, 0.25) is 0 Å². The number of hydrogen-bond acceptors (Lipinski definition) is 3. The number of amides is 1. The molecular formula is C12H15N3OS. The molecule has 0 aliphatic heterocycles. The summed E-state index contributed by atoms with van der Waals surface area (Å²) < 4.78 is 1.84. The van der Waals surface area contributed by atoms with E-state index in [0.717, 1.165) is 23.4 Å². The summed E-state index contributed by atoms with van der Waals surface area (Å²) in [4.78, 5) is 11.6. The number of thiophene rings is 1. The van der Waals surface area contributed by atoms with E-state index in [1.165, 1.54) is 11.3 Å². The van der Waals surface area contributed by atoms with Crippen LogP contribution in [0.15, 0.2) is 22.9 Å². The Bertz CT molecular complexity index is 482. The monoisotopic (exact) mass is 249 g/mol. The van der Waals surface area contributed by atoms with Crippen LogP contribution in [0.5, 0.6) is 0 Å². The lowest BCUT2D eigenvalue weighted by Gasteiger charge is -2.01. The summed E-state index contributed by atoms with van der Waals surface area (Å²) in [7, 11) is 1.92. The van der Waals surface area contributed by atoms with Crippen LogP contribution in [-0.4, -0.2) is 22.2 Å². The van der Waals surface area contributed by atoms with Crippen LogP contribution in [0.1, 0.15) is 21.7 Å². The highest BCUT2D eigenvalue weighted by molar-refractivity contribution is 7.08. The van der Waals surface area contributed by atoms with Gasteiger partial charge in [0.15, 0.2) is 0 Å². The van der Waals surface area contributed by atoms with Gasteiger partial charge in [-0.2, -0.15) is 16.4 Å². The minimum absolute atomic E-state index is 0.0149. The van der Waals surface area contributed by atoms with Crippen molar-refractivity contribution < 1.29 is 4.79 Å². The highest BCUT2D eigenvalue weighted by atomic mass is 32.1. The summed E-state index contributed by atoms with van der Waals surface area (Å²) in [5.74, 6) is -0.0149. The second kappa shape index (κ2) is 5.14. The van der Waals surface area contributed by atoms with E-state index in [1.807, 2.05) is 41.5 Å². The average molecular weight is 249 g/mol. The summed E-state index contributed by atoms with van der Waals surface area (Å²) >= 11 is 1.53. The standard InChI is InChI=1S/C12H15N3OS/c1-9-7-11(14-15(9)2)3-5-13-12(16)10-4-6-17-8-10/h4,6-8H,3,5H2,1-2H3,(H,13,16). The van der Waals surface area contributed by atoms with E-state index in [9.17, 15) is 4.79 Å². The second-order valence-corrected chi connectivity index (χ2v) is 4.70. The number of carbonyl (C=O) groups is 1. The number of aromatic nitrogens is 2. The van der Waals surface area contributed by atoms with Gasteiger partial charge in [0.1, 0.15) is 0 Å². The largest absolute Gasteiger partial charge is 0.352 e. The zero-order chi connectivity index (χ0) is 12.3. The molecule has 90 valence electrons. The predicted octanol–water partition coefficient (Wildman–Crippen LogP) is 1.76. The van der Waals surface area contributed by atoms with Crippen molar-refractivity contribution >= 4 is 17.2 Å². The molecule has 0 aromatic carbocycles. The summed E-state index contributed by atoms with van der Waals surface area (Å²) in [5, 5.41) is 11.0. The third kappa shape index (κ3) is 2.94. The van der Waals surface area contributed by atoms with Gasteiger partial charge in [0.2, 0.25) is 0 Å². The molecule has 2 rings (SSSR count). The van der Waals surface area contributed by atoms with Gasteiger partial charge < -0.3 is 5.32 Å². The molecule has 0 aliphatic carbocycles. The van der Waals surface area contributed by atoms with E-state index < -0.39 is 0 Å². The molecule has 0 aliphatic rings. The van der Waals surface area contributed by atoms with Gasteiger partial charge in [-0.3, -0.25) is 9.48 Å². The van der Waals surface area contributed by atoms with Crippen LogP contribution in [-0.2, 0) is 13.5 Å². The molecule has 0 atom stereocenters. The van der Waals surface area contributed by atoms with Crippen molar-refractivity contribution in [2.45, 2.75) is 13.3 Å². The molecule has 2 aromatic rings. The lowest BCUT2D eigenvalue weighted by molar-refractivity contribution is 0.0954. The molecular weight excluding hydrogens is 234 g/mol. The van der Waals surface area contributed by atoms with E-state index in [2.05, 4.69) is 10.4 Å². The van der Waals surface area contributed by atoms with Crippen molar-refractivity contribution in [3.8, 4) is 0 Å². The topological polar surface area (TPSA) is 46.9 Å². The number of carbonyl (C=O) groups excluding carboxylic acids is 1. The Morgan fingerprint density at radius 2 is 2.41 bits per heavy atom. The van der Waals surface area contributed by atoms with E-state index in [-0.39, 0.29) is 5.91 Å². The fraction of sp³-hybridized carbons (Fsp3) is 0.333. The van der Waals surface area contributed by atoms with Crippen molar-refractivity contribution in [2.75, 3.05) is 6.54 Å². The van der Waals surface area contributed by atoms with E-state index in [4.69, 9.17) is 0 Å². The molecule has 1 amide bonds. The fourth-order valence-electron chi connectivity index (χ4n) is 1.56. The molecule has 0 saturated carbocycles. The smallest absolute Gasteiger partial charge is 0.252 e. The minimum Gasteiger partial charge on any atom is -0.352 e. The first-order chi connectivity index (χ1) is 8.16. The number of hydrogen-bond donors (Lipinski definition) is 1. The number of nitrogens with one attached hydrogen (secondary N) is 1. The van der Waals surface area contributed by atoms with Crippen LogP contribution in [0.3, 0.4) is 0 Å². The minimum atomic E-state index is -0.0149. The van der Waals surface area contributed by atoms with Crippen LogP contribution < -0.4 is 5.32 Å². The first-order valence-corrected chi connectivity index (χ1v) is 6.41. The van der Waals surface area contributed by atoms with Crippen molar-refractivity contribution in [3.63, 3.8) is 0 Å². The molecule has 1 N–H and O–H groups in total. The Labute approximate surface area is 104 Å². The third-order valence-corrected chi connectivity index (χ3v) is 3.30. The molecule has 5 heteroatoms. The molecule has 4 nitrogen and oxygen atoms in total. The van der Waals surface area contributed by atoms with E-state index in [0.29, 0.717) is 6.54 Å². The maximum absolute atomic E-state index is 11.6. The number of nitrogens with zero attached hydrogens (tertiary/aromatic N) is 2. The van der Waals surface area contributed by atoms with Gasteiger partial charge >= 0.3 is 0 Å². The molecule has 0 bridgehead atoms. The van der Waals surface area contributed by atoms with Gasteiger partial charge in [-0.15, -0.1) is 0 Å². The zero-order valence-corrected chi connectivity index (χ0v) is 10.8. The van der Waals surface area contributed by atoms with Gasteiger partial charge in [0.05, 0.1) is 5.69 Å². The van der Waals surface area contributed by atoms with Gasteiger partial charge in [-0.25, -0.2) is 0 Å². The highest BCUT2D eigenvalue weighted by Crippen LogP contribution is 2.05. The van der Waals surface area contributed by atoms with Gasteiger partial charge in [0.25, 0.3) is 5.91 Å². The second-order valence-electron chi connectivity index (χ2n) is 3.92. The Kier molecular flexibility index (Phi) is 3.58. The molecule has 2 aromatic heterocycles. The molecule has 0 spiro atoms. The van der Waals surface area contributed by atoms with Crippen LogP contribution in [0.25, 0.3) is 0 Å². The highest BCUT2D eigenvalue weighted by Gasteiger charge is 2.05. The molecule has 2 heterocycles. The van der Waals surface area contributed by atoms with E-state index >= 15 is 0 Å². The summed E-state index contributed by atoms with van der Waals surface area (Å²) in [5.41, 5.74) is 2.87. The van der Waals surface area contributed by atoms with E-state index in [1.54, 1.807) is 0 Å². The zero-order valence-electron chi connectivity index (χ0n) is 9.93. The Hall–Kier alpha value is -1.62. The van der Waals surface area contributed by atoms with Crippen molar-refractivity contribution in [3.05, 3.63) is 39.8 Å². The SMILES string of the molecule is Cc1cc(CCNC(=O)c2ccsc2)nn1C. The summed E-state index contributed by atoms with van der Waals surface area (Å²) in [6.45, 7) is 2.63. The molecule has 0 fully saturated rings. The third-order valence-electron chi connectivity index (χ3n) is 2.61. The Morgan fingerprint density at radius 1 is 1.59 bits per heavy atom. The molecule has 0 radical (unpaired) electrons. The van der Waals surface area contributed by atoms with Crippen molar-refractivity contribution in [2.24, 2.45) is 7.05 Å². The van der Waals surface area contributed by atoms with Crippen molar-refractivity contribution in [1.29, 1.82) is 0 Å². The molecule has 17 heavy (non-hydrogen) atoms. The van der Waals surface area contributed by atoms with Crippen molar-refractivity contribution in [1.82, 2.24) is 15.1 Å². The maximum atomic E-state index is 11.6. The van der Waals surface area contributed by atoms with Gasteiger partial charge in [-0.05, 0) is 24.4 Å². The lowest BCUT2D eigenvalue weighted by Crippen LogP contribution is -2.25. The Morgan fingerprint density at radius 3 is 3.00 bits per heavy atom. The fourth-order valence-corrected chi connectivity index (χ4v) is 2.19. The van der Waals surface area contributed by atoms with Crippen LogP contribution in [0.4, 0.5) is 0 Å². The molecule has 0 unspecified atom stereocenters. The average Bonchev–Trinajstić information content (AvgIpc) is 2.90. The van der Waals surface area contributed by atoms with Crippen LogP contribution in [0, 0.1) is 6.92 Å². The normalized spacial score (nSPS) is 10.5. The maximum Gasteiger partial charge on any atom is 0.252 e. The van der Waals surface area contributed by atoms with Crippen LogP contribution >= 0.6 is 11.3 Å². The number of rotatable bonds is 4. The molecule has 0 saturated heterocycles. The van der Waals surface area contributed by atoms with Gasteiger partial charge in [0, 0.05) is 36.7 Å². The first-order valence-electron chi connectivity index (χ1n) is 5.47. The first kappa shape index (κ1) is 11.9. The lowest BCUT2D eigenvalue weighted by atomic mass is 10.2. The predicted molar refractivity (Wildman–Crippen MR) is 68.3 cm³/mol. The quantitative estimate of drug-likeness (QED) is 0.897.